The number of fused-ring (bicyclic) bond motifs is 2. The topological polar surface area (TPSA) is 120 Å². The molecule has 1 unspecified atom stereocenters. The van der Waals surface area contributed by atoms with E-state index in [2.05, 4.69) is 20.6 Å². The molecule has 188 valence electrons. The number of hydrogen-bond donors (Lipinski definition) is 4. The smallest absolute Gasteiger partial charge is 0.252 e. The van der Waals surface area contributed by atoms with Crippen molar-refractivity contribution in [2.24, 2.45) is 5.92 Å². The molecule has 0 bridgehead atoms. The fourth-order valence-electron chi connectivity index (χ4n) is 4.24. The highest BCUT2D eigenvalue weighted by Gasteiger charge is 2.31. The van der Waals surface area contributed by atoms with Crippen molar-refractivity contribution in [1.29, 1.82) is 0 Å². The minimum atomic E-state index is -4.01. The molecule has 0 saturated heterocycles. The summed E-state index contributed by atoms with van der Waals surface area (Å²) in [6.45, 7) is 3.69. The second-order valence-electron chi connectivity index (χ2n) is 8.90. The van der Waals surface area contributed by atoms with Gasteiger partial charge in [-0.1, -0.05) is 74.9 Å². The number of sulfonamides is 1. The molecule has 1 heterocycles. The van der Waals surface area contributed by atoms with Crippen LogP contribution < -0.4 is 15.6 Å². The zero-order chi connectivity index (χ0) is 25.7. The summed E-state index contributed by atoms with van der Waals surface area (Å²) in [5, 5.41) is 2.36. The highest BCUT2D eigenvalue weighted by atomic mass is 32.2. The van der Waals surface area contributed by atoms with Crippen LogP contribution in [0, 0.1) is 5.92 Å². The predicted molar refractivity (Wildman–Crippen MR) is 141 cm³/mol. The maximum atomic E-state index is 13.3. The lowest BCUT2D eigenvalue weighted by atomic mass is 10.00. The summed E-state index contributed by atoms with van der Waals surface area (Å²) in [5.74, 6) is -0.848. The third-order valence-corrected chi connectivity index (χ3v) is 7.98. The monoisotopic (exact) mass is 506 g/mol. The highest BCUT2D eigenvalue weighted by molar-refractivity contribution is 7.89. The van der Waals surface area contributed by atoms with Gasteiger partial charge in [-0.2, -0.15) is 4.72 Å². The minimum absolute atomic E-state index is 0.111. The minimum Gasteiger partial charge on any atom is -0.361 e. The van der Waals surface area contributed by atoms with E-state index in [0.717, 1.165) is 28.1 Å². The average Bonchev–Trinajstić information content (AvgIpc) is 3.31. The van der Waals surface area contributed by atoms with Gasteiger partial charge >= 0.3 is 0 Å². The molecular formula is C27H30N4O4S. The van der Waals surface area contributed by atoms with E-state index in [1.165, 1.54) is 6.07 Å². The molecule has 0 fully saturated rings. The summed E-state index contributed by atoms with van der Waals surface area (Å²) in [6.07, 6.45) is 3.48. The standard InChI is InChI=1S/C27H30N4O4S/c1-3-18(2)26(31-36(34,35)25-14-8-10-19-9-4-5-12-23(19)25)27(33)30-29-21(17-32)15-20-16-28-24-13-7-6-11-22(20)24/h4-14,16-18,21,26,28-29,31H,3,15H2,1-2H3,(H,30,33)/t18?,21-,26-/m0/s1. The van der Waals surface area contributed by atoms with E-state index >= 15 is 0 Å². The number of carbonyl (C=O) groups excluding carboxylic acids is 2. The molecule has 0 aliphatic carbocycles. The summed E-state index contributed by atoms with van der Waals surface area (Å²) >= 11 is 0. The van der Waals surface area contributed by atoms with E-state index in [4.69, 9.17) is 0 Å². The van der Waals surface area contributed by atoms with Gasteiger partial charge < -0.3 is 9.78 Å². The zero-order valence-electron chi connectivity index (χ0n) is 20.2. The van der Waals surface area contributed by atoms with Crippen molar-refractivity contribution in [1.82, 2.24) is 20.6 Å². The Labute approximate surface area is 210 Å². The second-order valence-corrected chi connectivity index (χ2v) is 10.6. The van der Waals surface area contributed by atoms with E-state index in [1.54, 1.807) is 25.1 Å². The van der Waals surface area contributed by atoms with Crippen molar-refractivity contribution in [3.8, 4) is 0 Å². The maximum absolute atomic E-state index is 13.3. The number of nitrogens with one attached hydrogen (secondary N) is 4. The Balaban J connectivity index is 1.49. The molecule has 1 aromatic heterocycles. The summed E-state index contributed by atoms with van der Waals surface area (Å²) in [7, 11) is -4.01. The molecule has 0 aliphatic rings. The molecule has 0 radical (unpaired) electrons. The molecule has 4 aromatic rings. The normalized spacial score (nSPS) is 14.4. The van der Waals surface area contributed by atoms with Crippen LogP contribution in [0.15, 0.2) is 77.8 Å². The molecule has 4 rings (SSSR count). The molecule has 4 N–H and O–H groups in total. The number of carbonyl (C=O) groups is 2. The summed E-state index contributed by atoms with van der Waals surface area (Å²) in [6, 6.07) is 18.3. The molecule has 1 amide bonds. The van der Waals surface area contributed by atoms with Gasteiger partial charge in [0.05, 0.1) is 10.9 Å². The van der Waals surface area contributed by atoms with E-state index in [0.29, 0.717) is 18.2 Å². The highest BCUT2D eigenvalue weighted by Crippen LogP contribution is 2.24. The van der Waals surface area contributed by atoms with Crippen molar-refractivity contribution < 1.29 is 18.0 Å². The van der Waals surface area contributed by atoms with Crippen LogP contribution in [0.5, 0.6) is 0 Å². The van der Waals surface area contributed by atoms with Gasteiger partial charge in [-0.05, 0) is 35.4 Å². The lowest BCUT2D eigenvalue weighted by Gasteiger charge is -2.25. The number of para-hydroxylation sites is 1. The third-order valence-electron chi connectivity index (χ3n) is 6.48. The van der Waals surface area contributed by atoms with Crippen molar-refractivity contribution in [3.63, 3.8) is 0 Å². The van der Waals surface area contributed by atoms with E-state index in [-0.39, 0.29) is 10.8 Å². The van der Waals surface area contributed by atoms with Crippen molar-refractivity contribution >= 4 is 43.9 Å². The van der Waals surface area contributed by atoms with Gasteiger partial charge in [-0.3, -0.25) is 10.2 Å². The maximum Gasteiger partial charge on any atom is 0.252 e. The molecular weight excluding hydrogens is 476 g/mol. The van der Waals surface area contributed by atoms with Crippen LogP contribution in [-0.4, -0.2) is 37.7 Å². The number of amides is 1. The quantitative estimate of drug-likeness (QED) is 0.183. The van der Waals surface area contributed by atoms with Crippen LogP contribution >= 0.6 is 0 Å². The largest absolute Gasteiger partial charge is 0.361 e. The fraction of sp³-hybridized carbons (Fsp3) is 0.259. The van der Waals surface area contributed by atoms with Crippen LogP contribution in [-0.2, 0) is 26.0 Å². The van der Waals surface area contributed by atoms with Crippen molar-refractivity contribution in [2.75, 3.05) is 0 Å². The number of aromatic nitrogens is 1. The first-order chi connectivity index (χ1) is 17.3. The van der Waals surface area contributed by atoms with Crippen molar-refractivity contribution in [3.05, 3.63) is 78.5 Å². The summed E-state index contributed by atoms with van der Waals surface area (Å²) < 4.78 is 29.3. The molecule has 3 atom stereocenters. The lowest BCUT2D eigenvalue weighted by molar-refractivity contribution is -0.125. The van der Waals surface area contributed by atoms with Gasteiger partial charge in [0, 0.05) is 22.5 Å². The number of H-pyrrole nitrogens is 1. The molecule has 3 aromatic carbocycles. The Bertz CT molecular complexity index is 1480. The molecule has 36 heavy (non-hydrogen) atoms. The average molecular weight is 507 g/mol. The van der Waals surface area contributed by atoms with Crippen LogP contribution in [0.3, 0.4) is 0 Å². The number of aromatic amines is 1. The Morgan fingerprint density at radius 1 is 1.00 bits per heavy atom. The first kappa shape index (κ1) is 25.6. The number of benzene rings is 3. The van der Waals surface area contributed by atoms with Crippen LogP contribution in [0.2, 0.25) is 0 Å². The summed E-state index contributed by atoms with van der Waals surface area (Å²) in [5.41, 5.74) is 7.22. The first-order valence-electron chi connectivity index (χ1n) is 11.9. The van der Waals surface area contributed by atoms with Gasteiger partial charge in [0.2, 0.25) is 10.0 Å². The molecule has 8 nitrogen and oxygen atoms in total. The Morgan fingerprint density at radius 2 is 1.69 bits per heavy atom. The van der Waals surface area contributed by atoms with Gasteiger partial charge in [-0.15, -0.1) is 0 Å². The zero-order valence-corrected chi connectivity index (χ0v) is 21.0. The van der Waals surface area contributed by atoms with Gasteiger partial charge in [0.15, 0.2) is 0 Å². The SMILES string of the molecule is CCC(C)[C@H](NS(=O)(=O)c1cccc2ccccc12)C(=O)NN[C@H](C=O)Cc1c[nH]c2ccccc12. The first-order valence-corrected chi connectivity index (χ1v) is 13.4. The third kappa shape index (κ3) is 5.48. The molecule has 0 spiro atoms. The predicted octanol–water partition coefficient (Wildman–Crippen LogP) is 3.45. The van der Waals surface area contributed by atoms with Crippen LogP contribution in [0.1, 0.15) is 25.8 Å². The lowest BCUT2D eigenvalue weighted by Crippen LogP contribution is -2.56. The number of rotatable bonds is 11. The number of aldehydes is 1. The van der Waals surface area contributed by atoms with E-state index in [1.807, 2.05) is 55.6 Å². The van der Waals surface area contributed by atoms with Gasteiger partial charge in [-0.25, -0.2) is 13.8 Å². The van der Waals surface area contributed by atoms with E-state index < -0.39 is 28.0 Å². The second kappa shape index (κ2) is 11.0. The Hall–Kier alpha value is -3.53. The Morgan fingerprint density at radius 3 is 2.44 bits per heavy atom. The molecule has 0 saturated carbocycles. The molecule has 0 aliphatic heterocycles. The molecule has 9 heteroatoms. The van der Waals surface area contributed by atoms with Gasteiger partial charge in [0.25, 0.3) is 5.91 Å². The number of hydrazine groups is 1. The van der Waals surface area contributed by atoms with E-state index in [9.17, 15) is 18.0 Å². The number of hydrogen-bond acceptors (Lipinski definition) is 5. The van der Waals surface area contributed by atoms with Gasteiger partial charge in [0.1, 0.15) is 12.3 Å². The van der Waals surface area contributed by atoms with Crippen LogP contribution in [0.4, 0.5) is 0 Å². The summed E-state index contributed by atoms with van der Waals surface area (Å²) in [4.78, 5) is 28.2. The fourth-order valence-corrected chi connectivity index (χ4v) is 5.77. The van der Waals surface area contributed by atoms with Crippen LogP contribution in [0.25, 0.3) is 21.7 Å². The van der Waals surface area contributed by atoms with Crippen molar-refractivity contribution in [2.45, 2.75) is 43.7 Å². The Kier molecular flexibility index (Phi) is 7.83.